The fourth-order valence-electron chi connectivity index (χ4n) is 0.986. The molecule has 0 aromatic rings. The van der Waals surface area contributed by atoms with Crippen molar-refractivity contribution in [1.29, 1.82) is 0 Å². The molecular weight excluding hydrogens is 168 g/mol. The summed E-state index contributed by atoms with van der Waals surface area (Å²) in [7, 11) is 1.74. The molecule has 0 saturated carbocycles. The Morgan fingerprint density at radius 2 is 2.45 bits per heavy atom. The van der Waals surface area contributed by atoms with E-state index in [1.165, 1.54) is 0 Å². The van der Waals surface area contributed by atoms with Crippen molar-refractivity contribution in [3.8, 4) is 0 Å². The van der Waals surface area contributed by atoms with Gasteiger partial charge in [0.25, 0.3) is 0 Å². The molecule has 2 N–H and O–H groups in total. The van der Waals surface area contributed by atoms with Crippen LogP contribution in [0.1, 0.15) is 0 Å². The number of halogens is 1. The fourth-order valence-corrected chi connectivity index (χ4v) is 0.986. The summed E-state index contributed by atoms with van der Waals surface area (Å²) < 4.78 is 0. The first-order chi connectivity index (χ1) is 4.74. The molecule has 1 heterocycles. The normalized spacial score (nSPS) is 24.7. The first-order valence-corrected chi connectivity index (χ1v) is 3.32. The second-order valence-corrected chi connectivity index (χ2v) is 2.53. The van der Waals surface area contributed by atoms with Crippen molar-refractivity contribution in [1.82, 2.24) is 10.2 Å². The highest BCUT2D eigenvalue weighted by Gasteiger charge is 2.20. The Kier molecular flexibility index (Phi) is 4.40. The maximum atomic E-state index is 10.8. The lowest BCUT2D eigenvalue weighted by atomic mass is 10.2. The second-order valence-electron chi connectivity index (χ2n) is 2.53. The maximum Gasteiger partial charge on any atom is 0.236 e. The number of nitrogens with one attached hydrogen (secondary N) is 1. The summed E-state index contributed by atoms with van der Waals surface area (Å²) in [5, 5.41) is 11.6. The second kappa shape index (κ2) is 4.54. The van der Waals surface area contributed by atoms with Crippen molar-refractivity contribution in [3.05, 3.63) is 0 Å². The molecule has 0 radical (unpaired) electrons. The SMILES string of the molecule is CN1C[C@H](CO)NCC1=O.Cl. The van der Waals surface area contributed by atoms with Crippen LogP contribution in [0.3, 0.4) is 0 Å². The molecule has 0 spiro atoms. The molecule has 4 nitrogen and oxygen atoms in total. The van der Waals surface area contributed by atoms with E-state index in [1.54, 1.807) is 11.9 Å². The summed E-state index contributed by atoms with van der Waals surface area (Å²) in [6.07, 6.45) is 0. The molecule has 1 aliphatic rings. The fraction of sp³-hybridized carbons (Fsp3) is 0.833. The Morgan fingerprint density at radius 1 is 1.82 bits per heavy atom. The monoisotopic (exact) mass is 180 g/mol. The van der Waals surface area contributed by atoms with Gasteiger partial charge >= 0.3 is 0 Å². The van der Waals surface area contributed by atoms with E-state index in [2.05, 4.69) is 5.32 Å². The predicted octanol–water partition coefficient (Wildman–Crippen LogP) is -1.17. The van der Waals surface area contributed by atoms with E-state index in [0.717, 1.165) is 0 Å². The van der Waals surface area contributed by atoms with Crippen molar-refractivity contribution in [3.63, 3.8) is 0 Å². The predicted molar refractivity (Wildman–Crippen MR) is 43.8 cm³/mol. The minimum atomic E-state index is 0. The molecular formula is C6H13ClN2O2. The molecule has 1 fully saturated rings. The summed E-state index contributed by atoms with van der Waals surface area (Å²) >= 11 is 0. The molecule has 0 bridgehead atoms. The van der Waals surface area contributed by atoms with Crippen molar-refractivity contribution in [2.24, 2.45) is 0 Å². The number of hydrogen-bond acceptors (Lipinski definition) is 3. The average molecular weight is 181 g/mol. The molecule has 0 aromatic carbocycles. The number of likely N-dealkylation sites (N-methyl/N-ethyl adjacent to an activating group) is 1. The zero-order valence-electron chi connectivity index (χ0n) is 6.41. The minimum Gasteiger partial charge on any atom is -0.395 e. The van der Waals surface area contributed by atoms with Crippen LogP contribution in [-0.4, -0.2) is 48.7 Å². The van der Waals surface area contributed by atoms with Gasteiger partial charge in [0.1, 0.15) is 0 Å². The highest BCUT2D eigenvalue weighted by molar-refractivity contribution is 5.85. The van der Waals surface area contributed by atoms with Crippen molar-refractivity contribution < 1.29 is 9.90 Å². The summed E-state index contributed by atoms with van der Waals surface area (Å²) in [6.45, 7) is 1.05. The van der Waals surface area contributed by atoms with Crippen LogP contribution in [0.2, 0.25) is 0 Å². The van der Waals surface area contributed by atoms with Crippen LogP contribution in [0.25, 0.3) is 0 Å². The Balaban J connectivity index is 0.000001000. The van der Waals surface area contributed by atoms with Gasteiger partial charge in [0.2, 0.25) is 5.91 Å². The number of aliphatic hydroxyl groups excluding tert-OH is 1. The maximum absolute atomic E-state index is 10.8. The molecule has 0 aromatic heterocycles. The third-order valence-corrected chi connectivity index (χ3v) is 1.68. The van der Waals surface area contributed by atoms with E-state index >= 15 is 0 Å². The third kappa shape index (κ3) is 2.65. The zero-order chi connectivity index (χ0) is 7.56. The van der Waals surface area contributed by atoms with E-state index in [0.29, 0.717) is 13.1 Å². The van der Waals surface area contributed by atoms with Crippen molar-refractivity contribution >= 4 is 18.3 Å². The van der Waals surface area contributed by atoms with E-state index in [-0.39, 0.29) is 31.0 Å². The van der Waals surface area contributed by atoms with Gasteiger partial charge in [-0.05, 0) is 0 Å². The highest BCUT2D eigenvalue weighted by atomic mass is 35.5. The Bertz CT molecular complexity index is 143. The average Bonchev–Trinajstić information content (AvgIpc) is 1.95. The molecule has 1 saturated heterocycles. The van der Waals surface area contributed by atoms with E-state index in [1.807, 2.05) is 0 Å². The number of carbonyl (C=O) groups excluding carboxylic acids is 1. The van der Waals surface area contributed by atoms with Gasteiger partial charge in [-0.1, -0.05) is 0 Å². The van der Waals surface area contributed by atoms with Crippen LogP contribution >= 0.6 is 12.4 Å². The van der Waals surface area contributed by atoms with Gasteiger partial charge in [-0.25, -0.2) is 0 Å². The zero-order valence-corrected chi connectivity index (χ0v) is 7.23. The highest BCUT2D eigenvalue weighted by Crippen LogP contribution is 1.95. The van der Waals surface area contributed by atoms with Crippen LogP contribution in [0, 0.1) is 0 Å². The molecule has 1 amide bonds. The molecule has 11 heavy (non-hydrogen) atoms. The van der Waals surface area contributed by atoms with Gasteiger partial charge in [-0.15, -0.1) is 12.4 Å². The molecule has 5 heteroatoms. The standard InChI is InChI=1S/C6H12N2O2.ClH/c1-8-3-5(4-9)7-2-6(8)10;/h5,7,9H,2-4H2,1H3;1H/t5-;/m1./s1. The smallest absolute Gasteiger partial charge is 0.236 e. The Morgan fingerprint density at radius 3 is 2.91 bits per heavy atom. The quantitative estimate of drug-likeness (QED) is 0.535. The Hall–Kier alpha value is -0.320. The van der Waals surface area contributed by atoms with Crippen molar-refractivity contribution in [2.45, 2.75) is 6.04 Å². The number of nitrogens with zero attached hydrogens (tertiary/aromatic N) is 1. The lowest BCUT2D eigenvalue weighted by Gasteiger charge is -2.29. The summed E-state index contributed by atoms with van der Waals surface area (Å²) in [5.74, 6) is 0.0877. The lowest BCUT2D eigenvalue weighted by Crippen LogP contribution is -2.53. The molecule has 1 atom stereocenters. The van der Waals surface area contributed by atoms with Crippen LogP contribution in [-0.2, 0) is 4.79 Å². The number of carbonyl (C=O) groups is 1. The first-order valence-electron chi connectivity index (χ1n) is 3.32. The summed E-state index contributed by atoms with van der Waals surface area (Å²) in [5.41, 5.74) is 0. The number of aliphatic hydroxyl groups is 1. The first kappa shape index (κ1) is 10.7. The molecule has 66 valence electrons. The molecule has 0 aliphatic carbocycles. The summed E-state index contributed by atoms with van der Waals surface area (Å²) in [4.78, 5) is 12.5. The van der Waals surface area contributed by atoms with Crippen LogP contribution < -0.4 is 5.32 Å². The van der Waals surface area contributed by atoms with E-state index < -0.39 is 0 Å². The number of piperazine rings is 1. The third-order valence-electron chi connectivity index (χ3n) is 1.68. The lowest BCUT2D eigenvalue weighted by molar-refractivity contribution is -0.131. The van der Waals surface area contributed by atoms with Crippen LogP contribution in [0.5, 0.6) is 0 Å². The largest absolute Gasteiger partial charge is 0.395 e. The van der Waals surface area contributed by atoms with Crippen molar-refractivity contribution in [2.75, 3.05) is 26.7 Å². The van der Waals surface area contributed by atoms with E-state index in [4.69, 9.17) is 5.11 Å². The number of hydrogen-bond donors (Lipinski definition) is 2. The van der Waals surface area contributed by atoms with Crippen LogP contribution in [0.15, 0.2) is 0 Å². The van der Waals surface area contributed by atoms with Gasteiger partial charge in [-0.2, -0.15) is 0 Å². The van der Waals surface area contributed by atoms with Gasteiger partial charge < -0.3 is 15.3 Å². The molecule has 1 aliphatic heterocycles. The number of rotatable bonds is 1. The number of amides is 1. The molecule has 1 rings (SSSR count). The van der Waals surface area contributed by atoms with E-state index in [9.17, 15) is 4.79 Å². The van der Waals surface area contributed by atoms with Gasteiger partial charge in [-0.3, -0.25) is 4.79 Å². The minimum absolute atomic E-state index is 0. The Labute approximate surface area is 72.0 Å². The topological polar surface area (TPSA) is 52.6 Å². The van der Waals surface area contributed by atoms with Crippen LogP contribution in [0.4, 0.5) is 0 Å². The summed E-state index contributed by atoms with van der Waals surface area (Å²) in [6, 6.07) is 0.0581. The van der Waals surface area contributed by atoms with Gasteiger partial charge in [0.15, 0.2) is 0 Å². The van der Waals surface area contributed by atoms with Gasteiger partial charge in [0, 0.05) is 19.6 Å². The van der Waals surface area contributed by atoms with Gasteiger partial charge in [0.05, 0.1) is 13.2 Å². The molecule has 0 unspecified atom stereocenters.